The van der Waals surface area contributed by atoms with Crippen LogP contribution in [0, 0.1) is 47.3 Å². The second kappa shape index (κ2) is 6.32. The normalized spacial score (nSPS) is 45.5. The van der Waals surface area contributed by atoms with Crippen molar-refractivity contribution in [1.29, 1.82) is 0 Å². The Morgan fingerprint density at radius 2 is 1.16 bits per heavy atom. The van der Waals surface area contributed by atoms with Gasteiger partial charge >= 0.3 is 0 Å². The van der Waals surface area contributed by atoms with Crippen LogP contribution in [-0.2, 0) is 0 Å². The topological polar surface area (TPSA) is 18.5 Å². The van der Waals surface area contributed by atoms with E-state index in [4.69, 9.17) is 9.47 Å². The molecule has 4 heteroatoms. The molecule has 2 nitrogen and oxygen atoms in total. The van der Waals surface area contributed by atoms with Gasteiger partial charge < -0.3 is 9.47 Å². The van der Waals surface area contributed by atoms with E-state index in [1.807, 2.05) is 14.2 Å². The molecule has 2 aromatic carbocycles. The molecular weight excluding hydrogens is 420 g/mol. The van der Waals surface area contributed by atoms with Crippen molar-refractivity contribution in [3.63, 3.8) is 0 Å². The average Bonchev–Trinajstić information content (AvgIpc) is 3.35. The highest BCUT2D eigenvalue weighted by molar-refractivity contribution is 8.76. The first-order valence-corrected chi connectivity index (χ1v) is 14.7. The van der Waals surface area contributed by atoms with Gasteiger partial charge in [0.2, 0.25) is 0 Å². The number of ether oxygens (including phenoxy) is 2. The van der Waals surface area contributed by atoms with E-state index < -0.39 is 0 Å². The quantitative estimate of drug-likeness (QED) is 0.480. The Labute approximate surface area is 192 Å². The molecule has 10 atom stereocenters. The van der Waals surface area contributed by atoms with Gasteiger partial charge in [-0.2, -0.15) is 0 Å². The van der Waals surface area contributed by atoms with Gasteiger partial charge in [0.05, 0.1) is 14.2 Å². The molecule has 9 rings (SSSR count). The van der Waals surface area contributed by atoms with Crippen molar-refractivity contribution in [1.82, 2.24) is 0 Å². The van der Waals surface area contributed by atoms with Crippen LogP contribution in [0.25, 0.3) is 10.8 Å². The van der Waals surface area contributed by atoms with E-state index in [0.717, 1.165) is 70.7 Å². The summed E-state index contributed by atoms with van der Waals surface area (Å²) in [6, 6.07) is 8.74. The Hall–Kier alpha value is -1.000. The van der Waals surface area contributed by atoms with Gasteiger partial charge in [0.1, 0.15) is 11.5 Å². The average molecular weight is 451 g/mol. The van der Waals surface area contributed by atoms with Gasteiger partial charge in [-0.05, 0) is 78.4 Å². The van der Waals surface area contributed by atoms with Gasteiger partial charge in [0.25, 0.3) is 0 Å². The summed E-state index contributed by atoms with van der Waals surface area (Å²) in [7, 11) is 8.10. The first kappa shape index (κ1) is 18.4. The van der Waals surface area contributed by atoms with Gasteiger partial charge in [0.15, 0.2) is 0 Å². The van der Waals surface area contributed by atoms with Crippen molar-refractivity contribution < 1.29 is 9.47 Å². The second-order valence-electron chi connectivity index (χ2n) is 11.0. The Morgan fingerprint density at radius 1 is 0.677 bits per heavy atom. The molecule has 0 aromatic heterocycles. The SMILES string of the molecule is COc1c2c(c(OC)c3ccccc13)C1C3CC(C21)C1C3C2CCC1[C@@H]1CSSC[C@@H]21. The molecule has 0 amide bonds. The fraction of sp³-hybridized carbons (Fsp3) is 0.630. The van der Waals surface area contributed by atoms with Gasteiger partial charge in [0, 0.05) is 33.4 Å². The van der Waals surface area contributed by atoms with Gasteiger partial charge in [-0.25, -0.2) is 0 Å². The maximum Gasteiger partial charge on any atom is 0.130 e. The van der Waals surface area contributed by atoms with Crippen LogP contribution in [0.4, 0.5) is 0 Å². The largest absolute Gasteiger partial charge is 0.496 e. The minimum absolute atomic E-state index is 0.720. The molecule has 0 radical (unpaired) electrons. The summed E-state index contributed by atoms with van der Waals surface area (Å²) in [6.45, 7) is 0. The molecule has 8 unspecified atom stereocenters. The number of hydrogen-bond acceptors (Lipinski definition) is 4. The zero-order valence-corrected chi connectivity index (χ0v) is 19.9. The first-order chi connectivity index (χ1) is 15.3. The van der Waals surface area contributed by atoms with Crippen molar-refractivity contribution in [2.24, 2.45) is 47.3 Å². The van der Waals surface area contributed by atoms with Crippen LogP contribution in [0.15, 0.2) is 24.3 Å². The van der Waals surface area contributed by atoms with Crippen molar-refractivity contribution in [2.45, 2.75) is 31.1 Å². The highest BCUT2D eigenvalue weighted by Crippen LogP contribution is 2.80. The van der Waals surface area contributed by atoms with Gasteiger partial charge in [-0.15, -0.1) is 0 Å². The van der Waals surface area contributed by atoms with Crippen LogP contribution in [0.5, 0.6) is 11.5 Å². The summed E-state index contributed by atoms with van der Waals surface area (Å²) in [5, 5.41) is 2.48. The fourth-order valence-corrected chi connectivity index (χ4v) is 13.1. The summed E-state index contributed by atoms with van der Waals surface area (Å²) in [5.74, 6) is 14.4. The maximum atomic E-state index is 6.13. The van der Waals surface area contributed by atoms with E-state index in [-0.39, 0.29) is 0 Å². The minimum Gasteiger partial charge on any atom is -0.496 e. The fourth-order valence-electron chi connectivity index (χ4n) is 10.1. The Bertz CT molecular complexity index is 1010. The minimum atomic E-state index is 0.720. The predicted octanol–water partition coefficient (Wildman–Crippen LogP) is 6.59. The molecule has 1 heterocycles. The van der Waals surface area contributed by atoms with Crippen LogP contribution in [-0.4, -0.2) is 25.7 Å². The molecular formula is C27H30O2S2. The zero-order chi connectivity index (χ0) is 20.4. The van der Waals surface area contributed by atoms with E-state index in [0.29, 0.717) is 0 Å². The molecule has 6 fully saturated rings. The van der Waals surface area contributed by atoms with E-state index >= 15 is 0 Å². The molecule has 4 bridgehead atoms. The summed E-state index contributed by atoms with van der Waals surface area (Å²) >= 11 is 0. The van der Waals surface area contributed by atoms with E-state index in [9.17, 15) is 0 Å². The lowest BCUT2D eigenvalue weighted by atomic mass is 9.43. The molecule has 31 heavy (non-hydrogen) atoms. The third-order valence-corrected chi connectivity index (χ3v) is 13.2. The standard InChI is InChI=1S/C27H30O2S2/c1-28-26-14-5-3-4-6-15(14)27(29-2)25-23-17-9-16(22(23)24(25)26)20-12-7-8-13(21(17)20)19-11-31-30-10-18(12)19/h3-6,12-13,16-23H,7-11H2,1-2H3/t12?,13?,16?,17?,18-,19-,20?,21?,22?,23?/m0/s1. The Balaban J connectivity index is 1.30. The summed E-state index contributed by atoms with van der Waals surface area (Å²) < 4.78 is 12.3. The van der Waals surface area contributed by atoms with Gasteiger partial charge in [-0.1, -0.05) is 45.9 Å². The Morgan fingerprint density at radius 3 is 1.61 bits per heavy atom. The molecule has 0 N–H and O–H groups in total. The van der Waals surface area contributed by atoms with Crippen molar-refractivity contribution >= 4 is 32.4 Å². The van der Waals surface area contributed by atoms with Crippen LogP contribution in [0.1, 0.15) is 42.2 Å². The highest BCUT2D eigenvalue weighted by atomic mass is 33.1. The molecule has 5 saturated carbocycles. The van der Waals surface area contributed by atoms with Gasteiger partial charge in [-0.3, -0.25) is 0 Å². The monoisotopic (exact) mass is 450 g/mol. The second-order valence-corrected chi connectivity index (χ2v) is 13.6. The number of methoxy groups -OCH3 is 2. The van der Waals surface area contributed by atoms with Crippen LogP contribution in [0.2, 0.25) is 0 Å². The lowest BCUT2D eigenvalue weighted by molar-refractivity contribution is -0.0954. The Kier molecular flexibility index (Phi) is 3.75. The molecule has 162 valence electrons. The molecule has 7 aliphatic rings. The molecule has 1 saturated heterocycles. The van der Waals surface area contributed by atoms with E-state index in [2.05, 4.69) is 45.9 Å². The third-order valence-electron chi connectivity index (χ3n) is 10.6. The first-order valence-electron chi connectivity index (χ1n) is 12.2. The number of rotatable bonds is 2. The zero-order valence-electron chi connectivity index (χ0n) is 18.3. The molecule has 6 aliphatic carbocycles. The smallest absolute Gasteiger partial charge is 0.130 e. The highest BCUT2D eigenvalue weighted by Gasteiger charge is 2.71. The van der Waals surface area contributed by atoms with Crippen LogP contribution >= 0.6 is 21.6 Å². The maximum absolute atomic E-state index is 6.13. The molecule has 0 spiro atoms. The van der Waals surface area contributed by atoms with Crippen molar-refractivity contribution in [2.75, 3.05) is 25.7 Å². The van der Waals surface area contributed by atoms with Crippen LogP contribution in [0.3, 0.4) is 0 Å². The van der Waals surface area contributed by atoms with E-state index in [1.54, 1.807) is 0 Å². The third kappa shape index (κ3) is 2.03. The van der Waals surface area contributed by atoms with E-state index in [1.165, 1.54) is 52.7 Å². The summed E-state index contributed by atoms with van der Waals surface area (Å²) in [5.41, 5.74) is 3.06. The lowest BCUT2D eigenvalue weighted by Gasteiger charge is -2.63. The predicted molar refractivity (Wildman–Crippen MR) is 129 cm³/mol. The molecule has 1 aliphatic heterocycles. The van der Waals surface area contributed by atoms with Crippen molar-refractivity contribution in [3.05, 3.63) is 35.4 Å². The summed E-state index contributed by atoms with van der Waals surface area (Å²) in [4.78, 5) is 0. The molecule has 2 aromatic rings. The van der Waals surface area contributed by atoms with Crippen LogP contribution < -0.4 is 9.47 Å². The number of fused-ring (bicyclic) bond motifs is 10. The summed E-state index contributed by atoms with van der Waals surface area (Å²) in [6.07, 6.45) is 4.50. The lowest BCUT2D eigenvalue weighted by Crippen LogP contribution is -2.57. The van der Waals surface area contributed by atoms with Crippen molar-refractivity contribution in [3.8, 4) is 11.5 Å². The number of benzene rings is 2. The number of hydrogen-bond donors (Lipinski definition) is 0.